The Bertz CT molecular complexity index is 796. The lowest BCUT2D eigenvalue weighted by Crippen LogP contribution is -2.41. The van der Waals surface area contributed by atoms with Gasteiger partial charge in [-0.25, -0.2) is 0 Å². The summed E-state index contributed by atoms with van der Waals surface area (Å²) in [5.74, 6) is 0.174. The monoisotopic (exact) mass is 384 g/mol. The van der Waals surface area contributed by atoms with E-state index >= 15 is 0 Å². The molecule has 2 aromatic carbocycles. The van der Waals surface area contributed by atoms with E-state index < -0.39 is 0 Å². The quantitative estimate of drug-likeness (QED) is 0.769. The average molecular weight is 385 g/mol. The van der Waals surface area contributed by atoms with Crippen LogP contribution in [0.5, 0.6) is 0 Å². The van der Waals surface area contributed by atoms with E-state index in [1.165, 1.54) is 5.56 Å². The van der Waals surface area contributed by atoms with Crippen molar-refractivity contribution >= 4 is 23.4 Å². The van der Waals surface area contributed by atoms with E-state index in [0.29, 0.717) is 23.0 Å². The minimum Gasteiger partial charge on any atom is -0.343 e. The summed E-state index contributed by atoms with van der Waals surface area (Å²) in [6.45, 7) is 4.91. The Hall–Kier alpha value is -2.33. The zero-order valence-corrected chi connectivity index (χ0v) is 16.5. The van der Waals surface area contributed by atoms with Crippen LogP contribution in [-0.2, 0) is 11.3 Å². The van der Waals surface area contributed by atoms with Crippen molar-refractivity contribution in [1.82, 2.24) is 10.2 Å². The summed E-state index contributed by atoms with van der Waals surface area (Å²) in [6.07, 6.45) is 2.06. The highest BCUT2D eigenvalue weighted by molar-refractivity contribution is 6.30. The largest absolute Gasteiger partial charge is 0.343 e. The van der Waals surface area contributed by atoms with Crippen molar-refractivity contribution in [3.05, 3.63) is 70.2 Å². The number of hydrogen-bond donors (Lipinski definition) is 1. The number of halogens is 1. The maximum absolute atomic E-state index is 12.7. The minimum atomic E-state index is -0.267. The third kappa shape index (κ3) is 5.33. The van der Waals surface area contributed by atoms with Crippen LogP contribution in [0, 0.1) is 0 Å². The average Bonchev–Trinajstić information content (AvgIpc) is 3.50. The van der Waals surface area contributed by atoms with Crippen LogP contribution in [0.2, 0.25) is 5.02 Å². The first-order valence-corrected chi connectivity index (χ1v) is 9.74. The predicted molar refractivity (Wildman–Crippen MR) is 108 cm³/mol. The van der Waals surface area contributed by atoms with Gasteiger partial charge in [-0.1, -0.05) is 49.7 Å². The highest BCUT2D eigenvalue weighted by Crippen LogP contribution is 2.28. The minimum absolute atomic E-state index is 0.00202. The maximum atomic E-state index is 12.7. The molecule has 0 aromatic heterocycles. The number of rotatable bonds is 7. The highest BCUT2D eigenvalue weighted by Gasteiger charge is 2.32. The van der Waals surface area contributed by atoms with E-state index in [1.807, 2.05) is 4.90 Å². The van der Waals surface area contributed by atoms with Crippen LogP contribution in [0.4, 0.5) is 0 Å². The standard InChI is InChI=1S/C22H25ClN2O2/c1-15(2)17-5-3-16(4-6-17)14-25(20-11-12-20)21(26)13-24-22(27)18-7-9-19(23)10-8-18/h3-10,15,20H,11-14H2,1-2H3,(H,24,27). The molecule has 4 nitrogen and oxygen atoms in total. The lowest BCUT2D eigenvalue weighted by atomic mass is 10.0. The summed E-state index contributed by atoms with van der Waals surface area (Å²) >= 11 is 5.84. The van der Waals surface area contributed by atoms with Crippen molar-refractivity contribution in [1.29, 1.82) is 0 Å². The Morgan fingerprint density at radius 1 is 1.07 bits per heavy atom. The third-order valence-electron chi connectivity index (χ3n) is 4.81. The smallest absolute Gasteiger partial charge is 0.251 e. The fourth-order valence-electron chi connectivity index (χ4n) is 2.97. The first-order chi connectivity index (χ1) is 12.9. The van der Waals surface area contributed by atoms with Gasteiger partial charge in [0.1, 0.15) is 0 Å². The topological polar surface area (TPSA) is 49.4 Å². The summed E-state index contributed by atoms with van der Waals surface area (Å²) in [5, 5.41) is 3.29. The highest BCUT2D eigenvalue weighted by atomic mass is 35.5. The van der Waals surface area contributed by atoms with E-state index in [0.717, 1.165) is 18.4 Å². The second kappa shape index (κ2) is 8.57. The fraction of sp³-hybridized carbons (Fsp3) is 0.364. The number of benzene rings is 2. The molecule has 0 atom stereocenters. The van der Waals surface area contributed by atoms with Gasteiger partial charge in [-0.15, -0.1) is 0 Å². The molecule has 1 N–H and O–H groups in total. The Kier molecular flexibility index (Phi) is 6.17. The molecular weight excluding hydrogens is 360 g/mol. The second-order valence-electron chi connectivity index (χ2n) is 7.34. The van der Waals surface area contributed by atoms with Gasteiger partial charge < -0.3 is 10.2 Å². The zero-order valence-electron chi connectivity index (χ0n) is 15.7. The molecule has 142 valence electrons. The number of carbonyl (C=O) groups is 2. The summed E-state index contributed by atoms with van der Waals surface area (Å²) in [4.78, 5) is 26.8. The Balaban J connectivity index is 1.58. The number of hydrogen-bond acceptors (Lipinski definition) is 2. The van der Waals surface area contributed by atoms with E-state index in [9.17, 15) is 9.59 Å². The van der Waals surface area contributed by atoms with Crippen molar-refractivity contribution in [3.63, 3.8) is 0 Å². The van der Waals surface area contributed by atoms with Crippen molar-refractivity contribution < 1.29 is 9.59 Å². The van der Waals surface area contributed by atoms with Crippen LogP contribution in [0.15, 0.2) is 48.5 Å². The lowest BCUT2D eigenvalue weighted by Gasteiger charge is -2.23. The van der Waals surface area contributed by atoms with E-state index in [1.54, 1.807) is 24.3 Å². The van der Waals surface area contributed by atoms with Crippen molar-refractivity contribution in [2.45, 2.75) is 45.2 Å². The van der Waals surface area contributed by atoms with Crippen molar-refractivity contribution in [2.75, 3.05) is 6.54 Å². The lowest BCUT2D eigenvalue weighted by molar-refractivity contribution is -0.131. The van der Waals surface area contributed by atoms with E-state index in [-0.39, 0.29) is 24.4 Å². The zero-order chi connectivity index (χ0) is 19.4. The number of nitrogens with zero attached hydrogens (tertiary/aromatic N) is 1. The second-order valence-corrected chi connectivity index (χ2v) is 7.78. The molecular formula is C22H25ClN2O2. The molecule has 0 radical (unpaired) electrons. The van der Waals surface area contributed by atoms with Crippen LogP contribution in [-0.4, -0.2) is 29.3 Å². The molecule has 2 aromatic rings. The molecule has 1 saturated carbocycles. The van der Waals surface area contributed by atoms with Crippen LogP contribution < -0.4 is 5.32 Å². The summed E-state index contributed by atoms with van der Waals surface area (Å²) in [7, 11) is 0. The van der Waals surface area contributed by atoms with Crippen LogP contribution >= 0.6 is 11.6 Å². The molecule has 27 heavy (non-hydrogen) atoms. The van der Waals surface area contributed by atoms with Crippen LogP contribution in [0.3, 0.4) is 0 Å². The number of carbonyl (C=O) groups excluding carboxylic acids is 2. The Labute approximate surface area is 165 Å². The van der Waals surface area contributed by atoms with Crippen molar-refractivity contribution in [2.24, 2.45) is 0 Å². The maximum Gasteiger partial charge on any atom is 0.251 e. The third-order valence-corrected chi connectivity index (χ3v) is 5.07. The number of amides is 2. The normalized spacial score (nSPS) is 13.5. The van der Waals surface area contributed by atoms with Gasteiger partial charge in [0.25, 0.3) is 5.91 Å². The summed E-state index contributed by atoms with van der Waals surface area (Å²) in [5.41, 5.74) is 2.90. The van der Waals surface area contributed by atoms with Crippen molar-refractivity contribution in [3.8, 4) is 0 Å². The molecule has 1 aliphatic carbocycles. The van der Waals surface area contributed by atoms with Crippen LogP contribution in [0.25, 0.3) is 0 Å². The Morgan fingerprint density at radius 3 is 2.26 bits per heavy atom. The SMILES string of the molecule is CC(C)c1ccc(CN(C(=O)CNC(=O)c2ccc(Cl)cc2)C2CC2)cc1. The van der Waals surface area contributed by atoms with Gasteiger partial charge in [0, 0.05) is 23.2 Å². The molecule has 1 fully saturated rings. The van der Waals surface area contributed by atoms with Gasteiger partial charge in [-0.2, -0.15) is 0 Å². The van der Waals surface area contributed by atoms with Gasteiger partial charge >= 0.3 is 0 Å². The molecule has 0 spiro atoms. The molecule has 0 aliphatic heterocycles. The first kappa shape index (κ1) is 19.4. The van der Waals surface area contributed by atoms with E-state index in [4.69, 9.17) is 11.6 Å². The molecule has 3 rings (SSSR count). The summed E-state index contributed by atoms with van der Waals surface area (Å²) in [6, 6.07) is 15.3. The van der Waals surface area contributed by atoms with Gasteiger partial charge in [0.15, 0.2) is 0 Å². The molecule has 2 amide bonds. The first-order valence-electron chi connectivity index (χ1n) is 9.36. The molecule has 0 unspecified atom stereocenters. The van der Waals surface area contributed by atoms with Gasteiger partial charge in [0.2, 0.25) is 5.91 Å². The van der Waals surface area contributed by atoms with Gasteiger partial charge in [0.05, 0.1) is 6.54 Å². The molecule has 5 heteroatoms. The van der Waals surface area contributed by atoms with Crippen LogP contribution in [0.1, 0.15) is 54.1 Å². The molecule has 0 saturated heterocycles. The number of nitrogens with one attached hydrogen (secondary N) is 1. The fourth-order valence-corrected chi connectivity index (χ4v) is 3.10. The molecule has 0 heterocycles. The molecule has 1 aliphatic rings. The van der Waals surface area contributed by atoms with Gasteiger partial charge in [-0.3, -0.25) is 9.59 Å². The molecule has 0 bridgehead atoms. The van der Waals surface area contributed by atoms with Gasteiger partial charge in [-0.05, 0) is 54.2 Å². The Morgan fingerprint density at radius 2 is 1.70 bits per heavy atom. The van der Waals surface area contributed by atoms with E-state index in [2.05, 4.69) is 43.4 Å². The predicted octanol–water partition coefficient (Wildman–Crippen LogP) is 4.38. The summed E-state index contributed by atoms with van der Waals surface area (Å²) < 4.78 is 0.